The molecular weight excluding hydrogens is 407 g/mol. The molecule has 6 nitrogen and oxygen atoms in total. The van der Waals surface area contributed by atoms with Gasteiger partial charge in [-0.3, -0.25) is 0 Å². The van der Waals surface area contributed by atoms with Crippen molar-refractivity contribution in [1.29, 1.82) is 0 Å². The minimum atomic E-state index is -3.63. The van der Waals surface area contributed by atoms with Gasteiger partial charge in [0.2, 0.25) is 0 Å². The second-order valence-electron chi connectivity index (χ2n) is 6.36. The van der Waals surface area contributed by atoms with Crippen LogP contribution >= 0.6 is 11.6 Å². The Morgan fingerprint density at radius 3 is 2.57 bits per heavy atom. The van der Waals surface area contributed by atoms with Gasteiger partial charge in [-0.1, -0.05) is 23.7 Å². The molecule has 152 valence electrons. The normalized spacial score (nSPS) is 11.4. The van der Waals surface area contributed by atoms with E-state index in [9.17, 15) is 17.6 Å². The standard InChI is InChI=1S/C19H22ClFN2O4S/c1-4-28(25,26)27-16-7-5-6-14(10-16)12-23(13(2)3)19(24)22-15-8-9-18(21)17(20)11-15/h5-11,13H,4,12H2,1-3H3,(H,22,24). The van der Waals surface area contributed by atoms with Gasteiger partial charge in [0.25, 0.3) is 0 Å². The Kier molecular flexibility index (Phi) is 7.26. The number of hydrogen-bond donors (Lipinski definition) is 1. The van der Waals surface area contributed by atoms with Gasteiger partial charge in [-0.15, -0.1) is 0 Å². The monoisotopic (exact) mass is 428 g/mol. The number of benzene rings is 2. The molecule has 0 atom stereocenters. The van der Waals surface area contributed by atoms with Crippen LogP contribution in [-0.2, 0) is 16.7 Å². The first-order chi connectivity index (χ1) is 13.1. The van der Waals surface area contributed by atoms with Crippen molar-refractivity contribution in [3.05, 3.63) is 58.9 Å². The third-order valence-corrected chi connectivity index (χ3v) is 5.33. The van der Waals surface area contributed by atoms with Crippen LogP contribution in [-0.4, -0.2) is 31.1 Å². The zero-order valence-corrected chi connectivity index (χ0v) is 17.3. The summed E-state index contributed by atoms with van der Waals surface area (Å²) in [6.45, 7) is 5.41. The van der Waals surface area contributed by atoms with Crippen molar-refractivity contribution in [3.8, 4) is 5.75 Å². The second kappa shape index (κ2) is 9.25. The fourth-order valence-corrected chi connectivity index (χ4v) is 3.05. The van der Waals surface area contributed by atoms with Crippen molar-refractivity contribution in [1.82, 2.24) is 4.90 Å². The summed E-state index contributed by atoms with van der Waals surface area (Å²) in [6.07, 6.45) is 0. The molecule has 2 amide bonds. The highest BCUT2D eigenvalue weighted by molar-refractivity contribution is 7.87. The molecule has 0 saturated carbocycles. The summed E-state index contributed by atoms with van der Waals surface area (Å²) in [7, 11) is -3.63. The number of carbonyl (C=O) groups is 1. The molecule has 0 aliphatic rings. The van der Waals surface area contributed by atoms with Crippen molar-refractivity contribution < 1.29 is 21.8 Å². The van der Waals surface area contributed by atoms with Crippen molar-refractivity contribution >= 4 is 33.4 Å². The van der Waals surface area contributed by atoms with Crippen molar-refractivity contribution in [2.75, 3.05) is 11.1 Å². The van der Waals surface area contributed by atoms with Gasteiger partial charge in [0, 0.05) is 18.3 Å². The van der Waals surface area contributed by atoms with Crippen LogP contribution in [0.2, 0.25) is 5.02 Å². The lowest BCUT2D eigenvalue weighted by Gasteiger charge is -2.27. The highest BCUT2D eigenvalue weighted by Crippen LogP contribution is 2.21. The first kappa shape index (κ1) is 22.0. The van der Waals surface area contributed by atoms with Crippen molar-refractivity contribution in [2.24, 2.45) is 0 Å². The van der Waals surface area contributed by atoms with Gasteiger partial charge >= 0.3 is 16.1 Å². The molecule has 0 radical (unpaired) electrons. The largest absolute Gasteiger partial charge is 0.382 e. The Hall–Kier alpha value is -2.32. The fourth-order valence-electron chi connectivity index (χ4n) is 2.36. The van der Waals surface area contributed by atoms with Crippen LogP contribution in [0.25, 0.3) is 0 Å². The van der Waals surface area contributed by atoms with E-state index in [0.717, 1.165) is 0 Å². The van der Waals surface area contributed by atoms with Crippen molar-refractivity contribution in [2.45, 2.75) is 33.4 Å². The topological polar surface area (TPSA) is 75.7 Å². The smallest absolute Gasteiger partial charge is 0.322 e. The van der Waals surface area contributed by atoms with Gasteiger partial charge in [0.1, 0.15) is 11.6 Å². The lowest BCUT2D eigenvalue weighted by atomic mass is 10.2. The molecule has 0 aliphatic heterocycles. The third-order valence-electron chi connectivity index (χ3n) is 3.88. The van der Waals surface area contributed by atoms with E-state index < -0.39 is 22.0 Å². The molecule has 28 heavy (non-hydrogen) atoms. The maximum absolute atomic E-state index is 13.3. The van der Waals surface area contributed by atoms with Crippen LogP contribution in [0.15, 0.2) is 42.5 Å². The van der Waals surface area contributed by atoms with E-state index in [1.54, 1.807) is 23.1 Å². The highest BCUT2D eigenvalue weighted by Gasteiger charge is 2.19. The number of amides is 2. The summed E-state index contributed by atoms with van der Waals surface area (Å²) < 4.78 is 41.6. The van der Waals surface area contributed by atoms with Crippen LogP contribution in [0.3, 0.4) is 0 Å². The van der Waals surface area contributed by atoms with E-state index in [0.29, 0.717) is 11.3 Å². The van der Waals surface area contributed by atoms with Crippen LogP contribution in [0, 0.1) is 5.82 Å². The zero-order chi connectivity index (χ0) is 20.9. The van der Waals surface area contributed by atoms with E-state index in [4.69, 9.17) is 15.8 Å². The minimum Gasteiger partial charge on any atom is -0.382 e. The Morgan fingerprint density at radius 1 is 1.25 bits per heavy atom. The van der Waals surface area contributed by atoms with Crippen LogP contribution in [0.5, 0.6) is 5.75 Å². The summed E-state index contributed by atoms with van der Waals surface area (Å²) in [4.78, 5) is 14.2. The zero-order valence-electron chi connectivity index (χ0n) is 15.8. The van der Waals surface area contributed by atoms with Gasteiger partial charge in [0.15, 0.2) is 0 Å². The van der Waals surface area contributed by atoms with Gasteiger partial charge < -0.3 is 14.4 Å². The fraction of sp³-hybridized carbons (Fsp3) is 0.316. The van der Waals surface area contributed by atoms with E-state index in [1.165, 1.54) is 31.2 Å². The Morgan fingerprint density at radius 2 is 1.96 bits per heavy atom. The molecule has 2 aromatic carbocycles. The lowest BCUT2D eigenvalue weighted by Crippen LogP contribution is -2.39. The van der Waals surface area contributed by atoms with E-state index in [2.05, 4.69) is 5.32 Å². The van der Waals surface area contributed by atoms with Crippen molar-refractivity contribution in [3.63, 3.8) is 0 Å². The molecule has 2 rings (SSSR count). The second-order valence-corrected chi connectivity index (χ2v) is 8.62. The molecule has 0 saturated heterocycles. The number of nitrogens with one attached hydrogen (secondary N) is 1. The molecule has 0 fully saturated rings. The van der Waals surface area contributed by atoms with E-state index in [1.807, 2.05) is 13.8 Å². The summed E-state index contributed by atoms with van der Waals surface area (Å²) in [6, 6.07) is 9.91. The molecule has 1 N–H and O–H groups in total. The SMILES string of the molecule is CCS(=O)(=O)Oc1cccc(CN(C(=O)Nc2ccc(F)c(Cl)c2)C(C)C)c1. The van der Waals surface area contributed by atoms with Crippen LogP contribution < -0.4 is 9.50 Å². The first-order valence-electron chi connectivity index (χ1n) is 8.65. The Labute approximate surface area is 169 Å². The Balaban J connectivity index is 2.16. The minimum absolute atomic E-state index is 0.0871. The number of rotatable bonds is 7. The average Bonchev–Trinajstić information content (AvgIpc) is 2.62. The van der Waals surface area contributed by atoms with Gasteiger partial charge in [-0.25, -0.2) is 9.18 Å². The first-order valence-corrected chi connectivity index (χ1v) is 10.6. The van der Waals surface area contributed by atoms with Crippen LogP contribution in [0.4, 0.5) is 14.9 Å². The average molecular weight is 429 g/mol. The number of nitrogens with zero attached hydrogens (tertiary/aromatic N) is 1. The van der Waals surface area contributed by atoms with Gasteiger partial charge in [0.05, 0.1) is 10.8 Å². The van der Waals surface area contributed by atoms with Gasteiger partial charge in [-0.05, 0) is 56.7 Å². The predicted molar refractivity (Wildman–Crippen MR) is 108 cm³/mol. The predicted octanol–water partition coefficient (Wildman–Crippen LogP) is 4.65. The molecule has 0 aromatic heterocycles. The lowest BCUT2D eigenvalue weighted by molar-refractivity contribution is 0.193. The van der Waals surface area contributed by atoms with Gasteiger partial charge in [-0.2, -0.15) is 8.42 Å². The van der Waals surface area contributed by atoms with E-state index >= 15 is 0 Å². The molecular formula is C19H22ClFN2O4S. The molecule has 0 spiro atoms. The maximum Gasteiger partial charge on any atom is 0.322 e. The molecule has 0 heterocycles. The summed E-state index contributed by atoms with van der Waals surface area (Å²) in [5.74, 6) is -0.522. The number of urea groups is 1. The maximum atomic E-state index is 13.3. The molecule has 0 bridgehead atoms. The number of anilines is 1. The number of hydrogen-bond acceptors (Lipinski definition) is 4. The van der Waals surface area contributed by atoms with Crippen LogP contribution in [0.1, 0.15) is 26.3 Å². The number of carbonyl (C=O) groups excluding carboxylic acids is 1. The summed E-state index contributed by atoms with van der Waals surface area (Å²) in [5, 5.41) is 2.60. The van der Waals surface area contributed by atoms with E-state index in [-0.39, 0.29) is 29.1 Å². The Bertz CT molecular complexity index is 951. The summed E-state index contributed by atoms with van der Waals surface area (Å²) in [5.41, 5.74) is 1.07. The molecule has 9 heteroatoms. The highest BCUT2D eigenvalue weighted by atomic mass is 35.5. The molecule has 0 unspecified atom stereocenters. The molecule has 0 aliphatic carbocycles. The molecule has 2 aromatic rings. The number of halogens is 2. The third kappa shape index (κ3) is 6.10. The summed E-state index contributed by atoms with van der Waals surface area (Å²) >= 11 is 5.75. The quantitative estimate of drug-likeness (QED) is 0.651.